The summed E-state index contributed by atoms with van der Waals surface area (Å²) < 4.78 is 6.09. The summed E-state index contributed by atoms with van der Waals surface area (Å²) in [5.41, 5.74) is 5.80. The van der Waals surface area contributed by atoms with Gasteiger partial charge in [-0.1, -0.05) is 60.7 Å². The van der Waals surface area contributed by atoms with E-state index in [9.17, 15) is 0 Å². The Bertz CT molecular complexity index is 829. The number of anilines is 2. The molecule has 4 rings (SSSR count). The minimum atomic E-state index is -0.342. The second-order valence-electron chi connectivity index (χ2n) is 6.22. The molecule has 0 aromatic heterocycles. The van der Waals surface area contributed by atoms with E-state index in [1.807, 2.05) is 13.2 Å². The van der Waals surface area contributed by atoms with Gasteiger partial charge in [0.05, 0.1) is 0 Å². The van der Waals surface area contributed by atoms with E-state index in [0.29, 0.717) is 0 Å². The van der Waals surface area contributed by atoms with Crippen molar-refractivity contribution < 1.29 is 4.74 Å². The molecule has 120 valence electrons. The predicted octanol–water partition coefficient (Wildman–Crippen LogP) is 5.27. The Labute approximate surface area is 143 Å². The Kier molecular flexibility index (Phi) is 3.83. The number of para-hydroxylation sites is 1. The van der Waals surface area contributed by atoms with E-state index in [-0.39, 0.29) is 5.60 Å². The Morgan fingerprint density at radius 2 is 1.54 bits per heavy atom. The Morgan fingerprint density at radius 3 is 2.25 bits per heavy atom. The molecule has 1 aliphatic carbocycles. The van der Waals surface area contributed by atoms with Crippen molar-refractivity contribution in [2.45, 2.75) is 18.4 Å². The molecule has 0 saturated heterocycles. The van der Waals surface area contributed by atoms with Crippen LogP contribution in [0.15, 0.2) is 78.9 Å². The van der Waals surface area contributed by atoms with Gasteiger partial charge in [0.15, 0.2) is 0 Å². The van der Waals surface area contributed by atoms with Crippen molar-refractivity contribution in [3.05, 3.63) is 95.6 Å². The van der Waals surface area contributed by atoms with Crippen molar-refractivity contribution in [2.75, 3.05) is 12.4 Å². The fraction of sp³-hybridized carbons (Fsp3) is 0.182. The van der Waals surface area contributed by atoms with Crippen LogP contribution in [0, 0.1) is 0 Å². The van der Waals surface area contributed by atoms with Crippen LogP contribution in [0.1, 0.15) is 23.1 Å². The molecule has 24 heavy (non-hydrogen) atoms. The van der Waals surface area contributed by atoms with Gasteiger partial charge in [0, 0.05) is 18.5 Å². The number of ether oxygens (including phenoxy) is 1. The number of methoxy groups -OCH3 is 1. The molecule has 1 unspecified atom stereocenters. The summed E-state index contributed by atoms with van der Waals surface area (Å²) in [4.78, 5) is 0. The van der Waals surface area contributed by atoms with Crippen molar-refractivity contribution in [1.29, 1.82) is 0 Å². The molecule has 0 spiro atoms. The molecule has 2 nitrogen and oxygen atoms in total. The third-order valence-corrected chi connectivity index (χ3v) is 4.98. The minimum Gasteiger partial charge on any atom is -0.369 e. The van der Waals surface area contributed by atoms with Gasteiger partial charge in [-0.05, 0) is 47.7 Å². The summed E-state index contributed by atoms with van der Waals surface area (Å²) in [6.07, 6.45) is 1.98. The molecular formula is C22H21NO. The maximum Gasteiger partial charge on any atom is 0.118 e. The summed E-state index contributed by atoms with van der Waals surface area (Å²) >= 11 is 0. The monoisotopic (exact) mass is 315 g/mol. The largest absolute Gasteiger partial charge is 0.369 e. The van der Waals surface area contributed by atoms with Gasteiger partial charge in [0.2, 0.25) is 0 Å². The van der Waals surface area contributed by atoms with Crippen LogP contribution in [-0.4, -0.2) is 7.11 Å². The first kappa shape index (κ1) is 15.0. The SMILES string of the molecule is COC1(c2ccccc2)CCc2c(Nc3ccccc3)cccc21. The summed E-state index contributed by atoms with van der Waals surface area (Å²) in [7, 11) is 1.82. The van der Waals surface area contributed by atoms with E-state index in [2.05, 4.69) is 78.1 Å². The van der Waals surface area contributed by atoms with Gasteiger partial charge in [-0.25, -0.2) is 0 Å². The fourth-order valence-corrected chi connectivity index (χ4v) is 3.80. The molecule has 0 heterocycles. The highest BCUT2D eigenvalue weighted by molar-refractivity contribution is 5.67. The van der Waals surface area contributed by atoms with Crippen LogP contribution in [0.3, 0.4) is 0 Å². The fourth-order valence-electron chi connectivity index (χ4n) is 3.80. The summed E-state index contributed by atoms with van der Waals surface area (Å²) in [6, 6.07) is 27.3. The van der Waals surface area contributed by atoms with Crippen molar-refractivity contribution in [3.8, 4) is 0 Å². The summed E-state index contributed by atoms with van der Waals surface area (Å²) in [5.74, 6) is 0. The maximum atomic E-state index is 6.09. The molecule has 0 fully saturated rings. The van der Waals surface area contributed by atoms with E-state index in [1.165, 1.54) is 22.4 Å². The van der Waals surface area contributed by atoms with Crippen LogP contribution in [-0.2, 0) is 16.8 Å². The van der Waals surface area contributed by atoms with Gasteiger partial charge in [0.1, 0.15) is 5.60 Å². The molecule has 0 bridgehead atoms. The number of nitrogens with one attached hydrogen (secondary N) is 1. The van der Waals surface area contributed by atoms with Gasteiger partial charge in [0.25, 0.3) is 0 Å². The van der Waals surface area contributed by atoms with Crippen LogP contribution in [0.5, 0.6) is 0 Å². The van der Waals surface area contributed by atoms with Crippen molar-refractivity contribution >= 4 is 11.4 Å². The lowest BCUT2D eigenvalue weighted by atomic mass is 9.87. The zero-order valence-electron chi connectivity index (χ0n) is 13.8. The van der Waals surface area contributed by atoms with Gasteiger partial charge >= 0.3 is 0 Å². The summed E-state index contributed by atoms with van der Waals surface area (Å²) in [5, 5.41) is 3.56. The molecular weight excluding hydrogens is 294 g/mol. The average molecular weight is 315 g/mol. The second-order valence-corrected chi connectivity index (χ2v) is 6.22. The molecule has 0 amide bonds. The topological polar surface area (TPSA) is 21.3 Å². The van der Waals surface area contributed by atoms with Crippen LogP contribution < -0.4 is 5.32 Å². The minimum absolute atomic E-state index is 0.342. The Balaban J connectivity index is 1.78. The molecule has 3 aromatic rings. The van der Waals surface area contributed by atoms with Crippen LogP contribution in [0.2, 0.25) is 0 Å². The molecule has 3 aromatic carbocycles. The predicted molar refractivity (Wildman–Crippen MR) is 98.7 cm³/mol. The van der Waals surface area contributed by atoms with E-state index in [1.54, 1.807) is 0 Å². The highest BCUT2D eigenvalue weighted by atomic mass is 16.5. The lowest BCUT2D eigenvalue weighted by Crippen LogP contribution is -2.26. The molecule has 0 saturated carbocycles. The average Bonchev–Trinajstić information content (AvgIpc) is 3.04. The summed E-state index contributed by atoms with van der Waals surface area (Å²) in [6.45, 7) is 0. The third kappa shape index (κ3) is 2.40. The Hall–Kier alpha value is -2.58. The molecule has 1 atom stereocenters. The van der Waals surface area contributed by atoms with E-state index in [0.717, 1.165) is 18.5 Å². The smallest absolute Gasteiger partial charge is 0.118 e. The van der Waals surface area contributed by atoms with Crippen molar-refractivity contribution in [2.24, 2.45) is 0 Å². The normalized spacial score (nSPS) is 19.0. The lowest BCUT2D eigenvalue weighted by molar-refractivity contribution is 0.0238. The maximum absolute atomic E-state index is 6.09. The first-order chi connectivity index (χ1) is 11.8. The molecule has 1 aliphatic rings. The first-order valence-corrected chi connectivity index (χ1v) is 8.38. The first-order valence-electron chi connectivity index (χ1n) is 8.38. The molecule has 2 heteroatoms. The van der Waals surface area contributed by atoms with Crippen LogP contribution in [0.25, 0.3) is 0 Å². The van der Waals surface area contributed by atoms with E-state index in [4.69, 9.17) is 4.74 Å². The number of fused-ring (bicyclic) bond motifs is 1. The number of rotatable bonds is 4. The van der Waals surface area contributed by atoms with Gasteiger partial charge in [-0.2, -0.15) is 0 Å². The quantitative estimate of drug-likeness (QED) is 0.708. The zero-order valence-corrected chi connectivity index (χ0v) is 13.8. The molecule has 0 aliphatic heterocycles. The Morgan fingerprint density at radius 1 is 0.833 bits per heavy atom. The van der Waals surface area contributed by atoms with Crippen LogP contribution in [0.4, 0.5) is 11.4 Å². The van der Waals surface area contributed by atoms with Crippen LogP contribution >= 0.6 is 0 Å². The second kappa shape index (κ2) is 6.14. The van der Waals surface area contributed by atoms with Gasteiger partial charge in [-0.15, -0.1) is 0 Å². The van der Waals surface area contributed by atoms with Gasteiger partial charge < -0.3 is 10.1 Å². The van der Waals surface area contributed by atoms with Gasteiger partial charge in [-0.3, -0.25) is 0 Å². The van der Waals surface area contributed by atoms with E-state index < -0.39 is 0 Å². The zero-order chi connectivity index (χ0) is 16.4. The van der Waals surface area contributed by atoms with Crippen molar-refractivity contribution in [3.63, 3.8) is 0 Å². The standard InChI is InChI=1S/C22H21NO/c1-24-22(17-9-4-2-5-10-17)16-15-19-20(22)13-8-14-21(19)23-18-11-6-3-7-12-18/h2-14,23H,15-16H2,1H3. The highest BCUT2D eigenvalue weighted by Gasteiger charge is 2.41. The van der Waals surface area contributed by atoms with Crippen molar-refractivity contribution in [1.82, 2.24) is 0 Å². The van der Waals surface area contributed by atoms with E-state index >= 15 is 0 Å². The number of benzene rings is 3. The highest BCUT2D eigenvalue weighted by Crippen LogP contribution is 2.47. The number of hydrogen-bond acceptors (Lipinski definition) is 2. The number of hydrogen-bond donors (Lipinski definition) is 1. The third-order valence-electron chi connectivity index (χ3n) is 4.98. The molecule has 1 N–H and O–H groups in total. The molecule has 0 radical (unpaired) electrons. The lowest BCUT2D eigenvalue weighted by Gasteiger charge is -2.30.